The maximum absolute atomic E-state index is 11.4. The average molecular weight is 314 g/mol. The molecule has 0 radical (unpaired) electrons. The zero-order valence-electron chi connectivity index (χ0n) is 9.30. The van der Waals surface area contributed by atoms with Crippen LogP contribution in [0.3, 0.4) is 0 Å². The van der Waals surface area contributed by atoms with E-state index in [9.17, 15) is 14.7 Å². The van der Waals surface area contributed by atoms with Gasteiger partial charge in [-0.25, -0.2) is 0 Å². The molecule has 0 rings (SSSR count). The van der Waals surface area contributed by atoms with Crippen LogP contribution in [0.4, 0.5) is 0 Å². The van der Waals surface area contributed by atoms with Gasteiger partial charge in [0.15, 0.2) is 0 Å². The Bertz CT molecular complexity index is 240. The van der Waals surface area contributed by atoms with Crippen LogP contribution in [0.2, 0.25) is 11.1 Å². The van der Waals surface area contributed by atoms with E-state index in [-0.39, 0.29) is 15.0 Å². The second kappa shape index (κ2) is 8.87. The third-order valence-corrected chi connectivity index (χ3v) is 3.86. The van der Waals surface area contributed by atoms with Crippen molar-refractivity contribution in [3.8, 4) is 0 Å². The molecule has 0 unspecified atom stereocenters. The van der Waals surface area contributed by atoms with Gasteiger partial charge in [0.1, 0.15) is 0 Å². The monoisotopic (exact) mass is 315 g/mol. The molecular weight excluding hydrogens is 297 g/mol. The van der Waals surface area contributed by atoms with Gasteiger partial charge in [-0.15, -0.1) is 0 Å². The Morgan fingerprint density at radius 2 is 2.12 bits per heavy atom. The molecule has 7 heteroatoms. The normalized spacial score (nSPS) is 14.2. The van der Waals surface area contributed by atoms with E-state index in [1.54, 1.807) is 0 Å². The second-order valence-electron chi connectivity index (χ2n) is 3.15. The number of carboxylic acid groups (broad SMARTS) is 1. The van der Waals surface area contributed by atoms with Crippen molar-refractivity contribution >= 4 is 38.6 Å². The SMILES string of the molecule is CSCC[C@H](NC(=O)[C@@H](O)C[Se]C)C(=O)O. The van der Waals surface area contributed by atoms with Crippen LogP contribution in [0, 0.1) is 0 Å². The van der Waals surface area contributed by atoms with E-state index in [1.165, 1.54) is 11.8 Å². The van der Waals surface area contributed by atoms with E-state index in [2.05, 4.69) is 5.32 Å². The zero-order valence-corrected chi connectivity index (χ0v) is 11.8. The number of carbonyl (C=O) groups is 2. The summed E-state index contributed by atoms with van der Waals surface area (Å²) in [5.74, 6) is 0.922. The van der Waals surface area contributed by atoms with Gasteiger partial charge in [0.2, 0.25) is 0 Å². The number of thioether (sulfide) groups is 1. The molecule has 3 N–H and O–H groups in total. The Hall–Kier alpha value is -0.231. The molecule has 0 aromatic carbocycles. The van der Waals surface area contributed by atoms with Crippen molar-refractivity contribution in [1.29, 1.82) is 0 Å². The van der Waals surface area contributed by atoms with Crippen molar-refractivity contribution in [3.63, 3.8) is 0 Å². The predicted octanol–water partition coefficient (Wildman–Crippen LogP) is -0.160. The first-order valence-corrected chi connectivity index (χ1v) is 9.03. The number of rotatable bonds is 8. The molecule has 0 aromatic heterocycles. The fourth-order valence-electron chi connectivity index (χ4n) is 0.995. The predicted molar refractivity (Wildman–Crippen MR) is 65.0 cm³/mol. The van der Waals surface area contributed by atoms with Gasteiger partial charge in [-0.1, -0.05) is 0 Å². The molecule has 0 spiro atoms. The molecule has 0 aliphatic rings. The fraction of sp³-hybridized carbons (Fsp3) is 0.778. The zero-order chi connectivity index (χ0) is 12.6. The van der Waals surface area contributed by atoms with Crippen molar-refractivity contribution < 1.29 is 19.8 Å². The van der Waals surface area contributed by atoms with Crippen LogP contribution in [0.15, 0.2) is 0 Å². The summed E-state index contributed by atoms with van der Waals surface area (Å²) in [6.07, 6.45) is 1.16. The molecule has 0 aliphatic carbocycles. The van der Waals surface area contributed by atoms with E-state index < -0.39 is 24.0 Å². The number of carboxylic acids is 1. The van der Waals surface area contributed by atoms with Gasteiger partial charge >= 0.3 is 105 Å². The van der Waals surface area contributed by atoms with Crippen LogP contribution >= 0.6 is 11.8 Å². The number of hydrogen-bond acceptors (Lipinski definition) is 4. The maximum atomic E-state index is 11.4. The average Bonchev–Trinajstić information content (AvgIpc) is 2.23. The molecule has 0 aromatic rings. The number of aliphatic hydroxyl groups excluding tert-OH is 1. The van der Waals surface area contributed by atoms with E-state index in [0.717, 1.165) is 0 Å². The second-order valence-corrected chi connectivity index (χ2v) is 6.05. The van der Waals surface area contributed by atoms with Gasteiger partial charge in [-0.2, -0.15) is 0 Å². The van der Waals surface area contributed by atoms with Gasteiger partial charge in [0.25, 0.3) is 0 Å². The summed E-state index contributed by atoms with van der Waals surface area (Å²) in [5.41, 5.74) is 0. The number of amides is 1. The van der Waals surface area contributed by atoms with Crippen molar-refractivity contribution in [2.24, 2.45) is 0 Å². The molecule has 0 aliphatic heterocycles. The van der Waals surface area contributed by atoms with E-state index >= 15 is 0 Å². The summed E-state index contributed by atoms with van der Waals surface area (Å²) in [7, 11) is 0. The van der Waals surface area contributed by atoms with Crippen molar-refractivity contribution in [3.05, 3.63) is 0 Å². The number of hydrogen-bond donors (Lipinski definition) is 3. The molecule has 1 amide bonds. The van der Waals surface area contributed by atoms with Crippen molar-refractivity contribution in [2.45, 2.75) is 29.7 Å². The Kier molecular flexibility index (Phi) is 8.74. The van der Waals surface area contributed by atoms with Crippen molar-refractivity contribution in [1.82, 2.24) is 5.32 Å². The minimum atomic E-state index is -1.08. The van der Waals surface area contributed by atoms with Gasteiger partial charge < -0.3 is 0 Å². The minimum absolute atomic E-state index is 0.189. The summed E-state index contributed by atoms with van der Waals surface area (Å²) in [5, 5.41) is 21.0. The third kappa shape index (κ3) is 6.37. The van der Waals surface area contributed by atoms with Gasteiger partial charge in [-0.3, -0.25) is 0 Å². The third-order valence-electron chi connectivity index (χ3n) is 1.85. The van der Waals surface area contributed by atoms with Crippen LogP contribution < -0.4 is 5.32 Å². The standard InChI is InChI=1S/C9H17NO4SSe/c1-15-4-3-6(9(13)14)10-8(12)7(11)5-16-2/h6-7,11H,3-5H2,1-2H3,(H,10,12)(H,13,14)/t6-,7-/m0/s1. The topological polar surface area (TPSA) is 86.6 Å². The number of aliphatic hydroxyl groups is 1. The molecule has 0 fully saturated rings. The summed E-state index contributed by atoms with van der Waals surface area (Å²) in [6, 6.07) is -0.904. The summed E-state index contributed by atoms with van der Waals surface area (Å²) in [6.45, 7) is 0. The van der Waals surface area contributed by atoms with Crippen molar-refractivity contribution in [2.75, 3.05) is 12.0 Å². The Labute approximate surface area is 106 Å². The van der Waals surface area contributed by atoms with Gasteiger partial charge in [0.05, 0.1) is 0 Å². The first-order valence-electron chi connectivity index (χ1n) is 4.72. The van der Waals surface area contributed by atoms with Crippen LogP contribution in [-0.2, 0) is 9.59 Å². The Morgan fingerprint density at radius 3 is 2.56 bits per heavy atom. The first kappa shape index (κ1) is 15.8. The summed E-state index contributed by atoms with van der Waals surface area (Å²) < 4.78 is 0. The number of nitrogens with one attached hydrogen (secondary N) is 1. The molecule has 2 atom stereocenters. The molecule has 0 saturated heterocycles. The van der Waals surface area contributed by atoms with Crippen LogP contribution in [0.5, 0.6) is 0 Å². The molecule has 16 heavy (non-hydrogen) atoms. The van der Waals surface area contributed by atoms with E-state index in [4.69, 9.17) is 5.11 Å². The van der Waals surface area contributed by atoms with Crippen LogP contribution in [0.1, 0.15) is 6.42 Å². The van der Waals surface area contributed by atoms with E-state index in [0.29, 0.717) is 17.5 Å². The number of carbonyl (C=O) groups excluding carboxylic acids is 1. The van der Waals surface area contributed by atoms with E-state index in [1.807, 2.05) is 12.1 Å². The molecule has 0 saturated carbocycles. The molecule has 94 valence electrons. The Morgan fingerprint density at radius 1 is 1.50 bits per heavy atom. The van der Waals surface area contributed by atoms with Crippen LogP contribution in [-0.4, -0.2) is 61.2 Å². The number of aliphatic carboxylic acids is 1. The molecule has 0 heterocycles. The molecular formula is C9H17NO4SSe. The molecule has 5 nitrogen and oxygen atoms in total. The van der Waals surface area contributed by atoms with Gasteiger partial charge in [0, 0.05) is 0 Å². The summed E-state index contributed by atoms with van der Waals surface area (Å²) >= 11 is 1.71. The quantitative estimate of drug-likeness (QED) is 0.542. The molecule has 0 bridgehead atoms. The first-order chi connectivity index (χ1) is 7.52. The summed E-state index contributed by atoms with van der Waals surface area (Å²) in [4.78, 5) is 22.2. The fourth-order valence-corrected chi connectivity index (χ4v) is 2.45. The van der Waals surface area contributed by atoms with Gasteiger partial charge in [-0.05, 0) is 0 Å². The Balaban J connectivity index is 4.17. The van der Waals surface area contributed by atoms with Crippen LogP contribution in [0.25, 0.3) is 0 Å².